The van der Waals surface area contributed by atoms with Crippen molar-refractivity contribution in [3.05, 3.63) is 86.2 Å². The molecule has 9 nitrogen and oxygen atoms in total. The number of ether oxygens (including phenoxy) is 3. The van der Waals surface area contributed by atoms with Crippen molar-refractivity contribution in [2.75, 3.05) is 20.8 Å². The predicted octanol–water partition coefficient (Wildman–Crippen LogP) is 5.17. The minimum atomic E-state index is -0.773. The topological polar surface area (TPSA) is 117 Å². The van der Waals surface area contributed by atoms with Gasteiger partial charge < -0.3 is 19.5 Å². The lowest BCUT2D eigenvalue weighted by Gasteiger charge is -2.36. The average Bonchev–Trinajstić information content (AvgIpc) is 2.90. The second kappa shape index (κ2) is 11.1. The molecule has 1 heterocycles. The number of nitrogens with one attached hydrogen (secondary N) is 1. The van der Waals surface area contributed by atoms with E-state index in [1.54, 1.807) is 33.3 Å². The van der Waals surface area contributed by atoms with Gasteiger partial charge in [-0.2, -0.15) is 0 Å². The molecule has 1 aliphatic carbocycles. The number of benzene rings is 2. The zero-order chi connectivity index (χ0) is 27.6. The minimum Gasteiger partial charge on any atom is -0.493 e. The van der Waals surface area contributed by atoms with Gasteiger partial charge in [0.05, 0.1) is 31.3 Å². The molecule has 2 aromatic carbocycles. The van der Waals surface area contributed by atoms with E-state index in [1.807, 2.05) is 32.0 Å². The third-order valence-electron chi connectivity index (χ3n) is 6.89. The number of carbonyl (C=O) groups is 2. The van der Waals surface area contributed by atoms with E-state index in [1.165, 1.54) is 12.1 Å². The number of nitro groups is 1. The zero-order valence-electron chi connectivity index (χ0n) is 22.2. The van der Waals surface area contributed by atoms with Crippen molar-refractivity contribution in [2.45, 2.75) is 45.4 Å². The van der Waals surface area contributed by atoms with E-state index in [2.05, 4.69) is 5.32 Å². The Morgan fingerprint density at radius 1 is 1.08 bits per heavy atom. The second-order valence-corrected chi connectivity index (χ2v) is 9.98. The highest BCUT2D eigenvalue weighted by atomic mass is 16.6. The highest BCUT2D eigenvalue weighted by Crippen LogP contribution is 2.47. The first-order chi connectivity index (χ1) is 18.1. The van der Waals surface area contributed by atoms with Gasteiger partial charge in [0, 0.05) is 41.4 Å². The van der Waals surface area contributed by atoms with Crippen LogP contribution in [-0.2, 0) is 14.3 Å². The number of non-ortho nitro benzene ring substituents is 1. The summed E-state index contributed by atoms with van der Waals surface area (Å²) in [5.41, 5.74) is 3.33. The van der Waals surface area contributed by atoms with Crippen LogP contribution in [0.1, 0.15) is 56.6 Å². The number of hydrogen-bond acceptors (Lipinski definition) is 8. The van der Waals surface area contributed by atoms with Crippen LogP contribution in [0.2, 0.25) is 0 Å². The predicted molar refractivity (Wildman–Crippen MR) is 141 cm³/mol. The standard InChI is InChI=1S/C29H32N2O7/c1-16(2)15-38-29(33)26-17(3)30-22-12-20(18-9-10-24(36-4)25(14-18)37-5)13-23(32)28(22)27(26)19-7-6-8-21(11-19)31(34)35/h6-11,14,16,20,27,30H,12-13,15H2,1-5H3/t20-,27-/m0/s1. The van der Waals surface area contributed by atoms with Crippen molar-refractivity contribution in [2.24, 2.45) is 5.92 Å². The fourth-order valence-corrected chi connectivity index (χ4v) is 5.12. The van der Waals surface area contributed by atoms with Crippen molar-refractivity contribution in [3.63, 3.8) is 0 Å². The maximum absolute atomic E-state index is 13.8. The van der Waals surface area contributed by atoms with Crippen LogP contribution in [0.25, 0.3) is 0 Å². The monoisotopic (exact) mass is 520 g/mol. The van der Waals surface area contributed by atoms with Crippen molar-refractivity contribution < 1.29 is 28.7 Å². The number of ketones is 1. The number of dihydropyridines is 1. The van der Waals surface area contributed by atoms with Gasteiger partial charge in [0.15, 0.2) is 17.3 Å². The first kappa shape index (κ1) is 26.9. The third-order valence-corrected chi connectivity index (χ3v) is 6.89. The summed E-state index contributed by atoms with van der Waals surface area (Å²) >= 11 is 0. The highest BCUT2D eigenvalue weighted by Gasteiger charge is 2.42. The van der Waals surface area contributed by atoms with E-state index < -0.39 is 16.8 Å². The summed E-state index contributed by atoms with van der Waals surface area (Å²) in [7, 11) is 3.13. The van der Waals surface area contributed by atoms with Crippen LogP contribution in [0.5, 0.6) is 11.5 Å². The molecule has 0 radical (unpaired) electrons. The summed E-state index contributed by atoms with van der Waals surface area (Å²) < 4.78 is 16.4. The molecule has 4 rings (SSSR count). The van der Waals surface area contributed by atoms with Crippen LogP contribution in [0.15, 0.2) is 65.0 Å². The van der Waals surface area contributed by atoms with Gasteiger partial charge in [-0.05, 0) is 48.4 Å². The van der Waals surface area contributed by atoms with Gasteiger partial charge in [-0.1, -0.05) is 32.0 Å². The molecular weight excluding hydrogens is 488 g/mol. The van der Waals surface area contributed by atoms with E-state index in [-0.39, 0.29) is 36.3 Å². The van der Waals surface area contributed by atoms with Crippen molar-refractivity contribution in [1.29, 1.82) is 0 Å². The van der Waals surface area contributed by atoms with Crippen LogP contribution in [0, 0.1) is 16.0 Å². The van der Waals surface area contributed by atoms with Crippen LogP contribution in [0.3, 0.4) is 0 Å². The first-order valence-electron chi connectivity index (χ1n) is 12.5. The Kier molecular flexibility index (Phi) is 7.85. The normalized spacial score (nSPS) is 19.2. The van der Waals surface area contributed by atoms with Crippen molar-refractivity contribution >= 4 is 17.4 Å². The highest BCUT2D eigenvalue weighted by molar-refractivity contribution is 6.04. The molecule has 0 unspecified atom stereocenters. The van der Waals surface area contributed by atoms with Crippen LogP contribution in [0.4, 0.5) is 5.69 Å². The summed E-state index contributed by atoms with van der Waals surface area (Å²) in [6, 6.07) is 11.7. The summed E-state index contributed by atoms with van der Waals surface area (Å²) in [6.07, 6.45) is 0.739. The van der Waals surface area contributed by atoms with Crippen LogP contribution < -0.4 is 14.8 Å². The molecule has 1 aliphatic heterocycles. The van der Waals surface area contributed by atoms with Crippen LogP contribution >= 0.6 is 0 Å². The molecule has 0 saturated carbocycles. The fourth-order valence-electron chi connectivity index (χ4n) is 5.12. The molecule has 9 heteroatoms. The summed E-state index contributed by atoms with van der Waals surface area (Å²) in [4.78, 5) is 38.1. The Bertz CT molecular complexity index is 1340. The Hall–Kier alpha value is -4.14. The quantitative estimate of drug-likeness (QED) is 0.288. The number of Topliss-reactive ketones (excluding diaryl/α,β-unsaturated/α-hetero) is 1. The van der Waals surface area contributed by atoms with Gasteiger partial charge in [-0.15, -0.1) is 0 Å². The third kappa shape index (κ3) is 5.27. The van der Waals surface area contributed by atoms with Gasteiger partial charge >= 0.3 is 5.97 Å². The largest absolute Gasteiger partial charge is 0.493 e. The number of rotatable bonds is 8. The smallest absolute Gasteiger partial charge is 0.336 e. The lowest BCUT2D eigenvalue weighted by molar-refractivity contribution is -0.384. The first-order valence-corrected chi connectivity index (χ1v) is 12.5. The Labute approximate surface area is 221 Å². The summed E-state index contributed by atoms with van der Waals surface area (Å²) in [6.45, 7) is 5.86. The Morgan fingerprint density at radius 2 is 1.82 bits per heavy atom. The minimum absolute atomic E-state index is 0.109. The number of carbonyl (C=O) groups excluding carboxylic acids is 2. The lowest BCUT2D eigenvalue weighted by Crippen LogP contribution is -2.36. The fraction of sp³-hybridized carbons (Fsp3) is 0.379. The number of esters is 1. The number of allylic oxidation sites excluding steroid dienone is 3. The van der Waals surface area contributed by atoms with Crippen molar-refractivity contribution in [3.8, 4) is 11.5 Å². The molecule has 0 aromatic heterocycles. The molecule has 38 heavy (non-hydrogen) atoms. The number of hydrogen-bond donors (Lipinski definition) is 1. The molecular formula is C29H32N2O7. The van der Waals surface area contributed by atoms with Gasteiger partial charge in [0.1, 0.15) is 0 Å². The molecule has 200 valence electrons. The van der Waals surface area contributed by atoms with Gasteiger partial charge in [-0.25, -0.2) is 4.79 Å². The molecule has 2 aliphatic rings. The molecule has 0 saturated heterocycles. The van der Waals surface area contributed by atoms with E-state index in [9.17, 15) is 19.7 Å². The van der Waals surface area contributed by atoms with Gasteiger partial charge in [-0.3, -0.25) is 14.9 Å². The maximum Gasteiger partial charge on any atom is 0.336 e. The van der Waals surface area contributed by atoms with E-state index in [0.717, 1.165) is 5.56 Å². The van der Waals surface area contributed by atoms with E-state index >= 15 is 0 Å². The number of methoxy groups -OCH3 is 2. The number of nitrogens with zero attached hydrogens (tertiary/aromatic N) is 1. The van der Waals surface area contributed by atoms with Crippen molar-refractivity contribution in [1.82, 2.24) is 5.32 Å². The maximum atomic E-state index is 13.8. The van der Waals surface area contributed by atoms with Gasteiger partial charge in [0.25, 0.3) is 5.69 Å². The molecule has 1 N–H and O–H groups in total. The number of nitro benzene ring substituents is 1. The zero-order valence-corrected chi connectivity index (χ0v) is 22.2. The van der Waals surface area contributed by atoms with Gasteiger partial charge in [0.2, 0.25) is 0 Å². The SMILES string of the molecule is COc1ccc([C@@H]2CC(=O)C3=C(C2)NC(C)=C(C(=O)OCC(C)C)[C@@H]3c2cccc([N+](=O)[O-])c2)cc1OC. The molecule has 2 aromatic rings. The molecule has 0 fully saturated rings. The molecule has 2 atom stereocenters. The average molecular weight is 521 g/mol. The van der Waals surface area contributed by atoms with Crippen LogP contribution in [-0.4, -0.2) is 37.5 Å². The van der Waals surface area contributed by atoms with E-state index in [0.29, 0.717) is 46.0 Å². The Morgan fingerprint density at radius 3 is 2.47 bits per heavy atom. The Balaban J connectivity index is 1.78. The molecule has 0 spiro atoms. The summed E-state index contributed by atoms with van der Waals surface area (Å²) in [5, 5.41) is 14.8. The summed E-state index contributed by atoms with van der Waals surface area (Å²) in [5.74, 6) is -0.261. The lowest BCUT2D eigenvalue weighted by atomic mass is 9.71. The molecule has 0 bridgehead atoms. The molecule has 0 amide bonds. The second-order valence-electron chi connectivity index (χ2n) is 9.98. The van der Waals surface area contributed by atoms with E-state index in [4.69, 9.17) is 14.2 Å².